The highest BCUT2D eigenvalue weighted by Gasteiger charge is 2.29. The maximum absolute atomic E-state index is 14.3. The molecule has 0 aliphatic rings. The van der Waals surface area contributed by atoms with Crippen molar-refractivity contribution in [2.75, 3.05) is 36.8 Å². The van der Waals surface area contributed by atoms with E-state index >= 15 is 0 Å². The molecule has 0 saturated heterocycles. The van der Waals surface area contributed by atoms with Gasteiger partial charge in [-0.25, -0.2) is 8.70 Å². The molecule has 0 saturated carbocycles. The molecule has 2 N–H and O–H groups in total. The second kappa shape index (κ2) is 10.2. The van der Waals surface area contributed by atoms with E-state index < -0.39 is 28.5 Å². The van der Waals surface area contributed by atoms with Crippen molar-refractivity contribution in [2.24, 2.45) is 0 Å². The number of carbonyl (C=O) groups excluding carboxylic acids is 2. The molecule has 0 aliphatic carbocycles. The van der Waals surface area contributed by atoms with Crippen LogP contribution in [0.15, 0.2) is 48.5 Å². The van der Waals surface area contributed by atoms with Gasteiger partial charge >= 0.3 is 10.2 Å². The molecule has 2 rings (SSSR count). The summed E-state index contributed by atoms with van der Waals surface area (Å²) in [6.45, 7) is 1.71. The van der Waals surface area contributed by atoms with E-state index in [1.807, 2.05) is 6.92 Å². The Balaban J connectivity index is 2.30. The summed E-state index contributed by atoms with van der Waals surface area (Å²) in [7, 11) is -1.58. The molecule has 2 amide bonds. The molecule has 30 heavy (non-hydrogen) atoms. The van der Waals surface area contributed by atoms with Crippen LogP contribution in [0, 0.1) is 5.82 Å². The Bertz CT molecular complexity index is 1010. The highest BCUT2D eigenvalue weighted by molar-refractivity contribution is 7.90. The van der Waals surface area contributed by atoms with Crippen LogP contribution < -0.4 is 14.9 Å². The molecule has 0 atom stereocenters. The largest absolute Gasteiger partial charge is 0.352 e. The zero-order valence-electron chi connectivity index (χ0n) is 17.1. The Morgan fingerprint density at radius 1 is 1.03 bits per heavy atom. The van der Waals surface area contributed by atoms with Gasteiger partial charge in [-0.2, -0.15) is 12.7 Å². The summed E-state index contributed by atoms with van der Waals surface area (Å²) in [5, 5.41) is 5.27. The zero-order valence-corrected chi connectivity index (χ0v) is 17.9. The predicted octanol–water partition coefficient (Wildman–Crippen LogP) is 2.22. The van der Waals surface area contributed by atoms with E-state index in [4.69, 9.17) is 0 Å². The Hall–Kier alpha value is -2.98. The Morgan fingerprint density at radius 3 is 2.30 bits per heavy atom. The number of nitrogens with zero attached hydrogens (tertiary/aromatic N) is 2. The Kier molecular flexibility index (Phi) is 7.90. The lowest BCUT2D eigenvalue weighted by molar-refractivity contribution is -0.114. The standard InChI is InChI=1S/C20H25FN4O4S/c1-4-13-22-20(27)15-9-5-7-11-17(15)23-19(26)14-25(30(28,29)24(2)3)18-12-8-6-10-16(18)21/h5-12H,4,13-14H2,1-3H3,(H,22,27)(H,23,26). The lowest BCUT2D eigenvalue weighted by Gasteiger charge is -2.27. The van der Waals surface area contributed by atoms with Gasteiger partial charge in [0.15, 0.2) is 0 Å². The minimum atomic E-state index is -4.15. The fraction of sp³-hybridized carbons (Fsp3) is 0.300. The van der Waals surface area contributed by atoms with Gasteiger partial charge in [-0.15, -0.1) is 0 Å². The van der Waals surface area contributed by atoms with E-state index in [0.29, 0.717) is 10.8 Å². The van der Waals surface area contributed by atoms with Gasteiger partial charge < -0.3 is 10.6 Å². The van der Waals surface area contributed by atoms with Gasteiger partial charge in [0.2, 0.25) is 5.91 Å². The molecule has 0 bridgehead atoms. The second-order valence-electron chi connectivity index (χ2n) is 6.60. The van der Waals surface area contributed by atoms with Gasteiger partial charge in [0.25, 0.3) is 5.91 Å². The first-order chi connectivity index (χ1) is 14.2. The monoisotopic (exact) mass is 436 g/mol. The molecule has 0 fully saturated rings. The fourth-order valence-corrected chi connectivity index (χ4v) is 3.66. The van der Waals surface area contributed by atoms with E-state index in [0.717, 1.165) is 16.8 Å². The van der Waals surface area contributed by atoms with Gasteiger partial charge in [-0.3, -0.25) is 9.59 Å². The van der Waals surface area contributed by atoms with Crippen LogP contribution in [0.2, 0.25) is 0 Å². The number of halogens is 1. The quantitative estimate of drug-likeness (QED) is 0.630. The van der Waals surface area contributed by atoms with Gasteiger partial charge in [0.05, 0.1) is 16.9 Å². The van der Waals surface area contributed by atoms with Crippen LogP contribution in [0.5, 0.6) is 0 Å². The number of amides is 2. The van der Waals surface area contributed by atoms with Crippen LogP contribution in [0.1, 0.15) is 23.7 Å². The first-order valence-corrected chi connectivity index (χ1v) is 10.7. The zero-order chi connectivity index (χ0) is 22.3. The predicted molar refractivity (Wildman–Crippen MR) is 114 cm³/mol. The van der Waals surface area contributed by atoms with Crippen molar-refractivity contribution in [2.45, 2.75) is 13.3 Å². The first kappa shape index (κ1) is 23.3. The van der Waals surface area contributed by atoms with Crippen LogP contribution >= 0.6 is 0 Å². The van der Waals surface area contributed by atoms with Crippen molar-refractivity contribution >= 4 is 33.4 Å². The van der Waals surface area contributed by atoms with Crippen molar-refractivity contribution in [1.82, 2.24) is 9.62 Å². The summed E-state index contributed by atoms with van der Waals surface area (Å²) in [5.74, 6) is -1.87. The second-order valence-corrected chi connectivity index (χ2v) is 8.66. The van der Waals surface area contributed by atoms with E-state index in [1.54, 1.807) is 18.2 Å². The number of nitrogens with one attached hydrogen (secondary N) is 2. The number of benzene rings is 2. The van der Waals surface area contributed by atoms with E-state index in [9.17, 15) is 22.4 Å². The molecule has 10 heteroatoms. The third-order valence-electron chi connectivity index (χ3n) is 4.13. The minimum Gasteiger partial charge on any atom is -0.352 e. The van der Waals surface area contributed by atoms with Crippen molar-refractivity contribution in [3.63, 3.8) is 0 Å². The van der Waals surface area contributed by atoms with Gasteiger partial charge in [-0.05, 0) is 30.7 Å². The molecule has 0 aromatic heterocycles. The summed E-state index contributed by atoms with van der Waals surface area (Å²) in [4.78, 5) is 25.0. The maximum Gasteiger partial charge on any atom is 0.304 e. The summed E-state index contributed by atoms with van der Waals surface area (Å²) in [5.41, 5.74) is 0.217. The van der Waals surface area contributed by atoms with E-state index in [1.165, 1.54) is 38.4 Å². The fourth-order valence-electron chi connectivity index (χ4n) is 2.59. The SMILES string of the molecule is CCCNC(=O)c1ccccc1NC(=O)CN(c1ccccc1F)S(=O)(=O)N(C)C. The molecular weight excluding hydrogens is 411 g/mol. The lowest BCUT2D eigenvalue weighted by Crippen LogP contribution is -2.44. The summed E-state index contributed by atoms with van der Waals surface area (Å²) >= 11 is 0. The van der Waals surface area contributed by atoms with Crippen LogP contribution in [-0.2, 0) is 15.0 Å². The van der Waals surface area contributed by atoms with E-state index in [2.05, 4.69) is 10.6 Å². The molecule has 0 spiro atoms. The molecule has 0 radical (unpaired) electrons. The van der Waals surface area contributed by atoms with Gasteiger partial charge in [0.1, 0.15) is 12.4 Å². The molecule has 0 heterocycles. The first-order valence-electron chi connectivity index (χ1n) is 9.30. The number of carbonyl (C=O) groups is 2. The van der Waals surface area contributed by atoms with Gasteiger partial charge in [-0.1, -0.05) is 31.2 Å². The summed E-state index contributed by atoms with van der Waals surface area (Å²) in [6, 6.07) is 11.6. The summed E-state index contributed by atoms with van der Waals surface area (Å²) in [6.07, 6.45) is 0.750. The average Bonchev–Trinajstić information content (AvgIpc) is 2.71. The Morgan fingerprint density at radius 2 is 1.67 bits per heavy atom. The lowest BCUT2D eigenvalue weighted by atomic mass is 10.1. The number of rotatable bonds is 9. The van der Waals surface area contributed by atoms with Crippen molar-refractivity contribution in [3.8, 4) is 0 Å². The Labute approximate surface area is 175 Å². The highest BCUT2D eigenvalue weighted by Crippen LogP contribution is 2.23. The third-order valence-corrected chi connectivity index (χ3v) is 5.94. The smallest absolute Gasteiger partial charge is 0.304 e. The number of para-hydroxylation sites is 2. The van der Waals surface area contributed by atoms with Crippen LogP contribution in [0.25, 0.3) is 0 Å². The van der Waals surface area contributed by atoms with Gasteiger partial charge in [0, 0.05) is 20.6 Å². The topological polar surface area (TPSA) is 98.8 Å². The summed E-state index contributed by atoms with van der Waals surface area (Å²) < 4.78 is 41.3. The molecule has 0 unspecified atom stereocenters. The molecule has 2 aromatic rings. The number of hydrogen-bond donors (Lipinski definition) is 2. The highest BCUT2D eigenvalue weighted by atomic mass is 32.2. The number of hydrogen-bond acceptors (Lipinski definition) is 4. The molecule has 0 aliphatic heterocycles. The number of anilines is 2. The average molecular weight is 437 g/mol. The molecule has 8 nitrogen and oxygen atoms in total. The van der Waals surface area contributed by atoms with Crippen LogP contribution in [0.3, 0.4) is 0 Å². The van der Waals surface area contributed by atoms with Crippen LogP contribution in [0.4, 0.5) is 15.8 Å². The molecule has 2 aromatic carbocycles. The van der Waals surface area contributed by atoms with Crippen molar-refractivity contribution in [1.29, 1.82) is 0 Å². The minimum absolute atomic E-state index is 0.229. The third kappa shape index (κ3) is 5.55. The molecule has 162 valence electrons. The van der Waals surface area contributed by atoms with Crippen LogP contribution in [-0.4, -0.2) is 51.7 Å². The maximum atomic E-state index is 14.3. The van der Waals surface area contributed by atoms with E-state index in [-0.39, 0.29) is 22.8 Å². The normalized spacial score (nSPS) is 11.2. The van der Waals surface area contributed by atoms with Crippen molar-refractivity contribution < 1.29 is 22.4 Å². The van der Waals surface area contributed by atoms with Crippen molar-refractivity contribution in [3.05, 3.63) is 59.9 Å². The molecular formula is C20H25FN4O4S.